The van der Waals surface area contributed by atoms with Gasteiger partial charge < -0.3 is 14.8 Å². The van der Waals surface area contributed by atoms with E-state index < -0.39 is 21.7 Å². The van der Waals surface area contributed by atoms with Crippen LogP contribution in [0, 0.1) is 19.7 Å². The molecule has 4 rings (SSSR count). The molecule has 0 unspecified atom stereocenters. The first-order chi connectivity index (χ1) is 15.2. The number of ether oxygens (including phenoxy) is 2. The summed E-state index contributed by atoms with van der Waals surface area (Å²) in [5, 5.41) is 2.65. The summed E-state index contributed by atoms with van der Waals surface area (Å²) in [5.74, 6) is -0.421. The molecule has 3 aromatic rings. The Bertz CT molecular complexity index is 1310. The average molecular weight is 456 g/mol. The van der Waals surface area contributed by atoms with Gasteiger partial charge in [-0.05, 0) is 66.9 Å². The first kappa shape index (κ1) is 21.8. The van der Waals surface area contributed by atoms with Gasteiger partial charge in [-0.3, -0.25) is 4.79 Å². The minimum atomic E-state index is -4.00. The maximum absolute atomic E-state index is 14.4. The Morgan fingerprint density at radius 1 is 1.03 bits per heavy atom. The third-order valence-electron chi connectivity index (χ3n) is 5.25. The molecule has 3 aromatic carbocycles. The number of sulfonamides is 1. The van der Waals surface area contributed by atoms with Crippen LogP contribution in [0.3, 0.4) is 0 Å². The van der Waals surface area contributed by atoms with Crippen LogP contribution in [0.5, 0.6) is 11.5 Å². The van der Waals surface area contributed by atoms with E-state index in [1.165, 1.54) is 0 Å². The minimum Gasteiger partial charge on any atom is -0.454 e. The van der Waals surface area contributed by atoms with Crippen molar-refractivity contribution in [2.75, 3.05) is 12.1 Å². The molecule has 0 fully saturated rings. The van der Waals surface area contributed by atoms with Crippen LogP contribution in [-0.4, -0.2) is 21.1 Å². The van der Waals surface area contributed by atoms with Gasteiger partial charge in [-0.1, -0.05) is 18.2 Å². The van der Waals surface area contributed by atoms with E-state index in [0.29, 0.717) is 22.7 Å². The van der Waals surface area contributed by atoms with Crippen molar-refractivity contribution in [3.05, 3.63) is 82.7 Å². The van der Waals surface area contributed by atoms with Crippen molar-refractivity contribution < 1.29 is 27.1 Å². The second-order valence-electron chi connectivity index (χ2n) is 7.36. The van der Waals surface area contributed by atoms with Gasteiger partial charge >= 0.3 is 0 Å². The Morgan fingerprint density at radius 3 is 2.62 bits per heavy atom. The number of carbonyl (C=O) groups is 1. The van der Waals surface area contributed by atoms with Crippen LogP contribution in [0.4, 0.5) is 10.1 Å². The maximum atomic E-state index is 14.4. The van der Waals surface area contributed by atoms with Gasteiger partial charge in [-0.2, -0.15) is 0 Å². The lowest BCUT2D eigenvalue weighted by Gasteiger charge is -2.12. The number of nitrogens with one attached hydrogen (secondary N) is 2. The molecular formula is C23H21FN2O5S. The number of rotatable bonds is 6. The number of aryl methyl sites for hydroxylation is 1. The highest BCUT2D eigenvalue weighted by Crippen LogP contribution is 2.32. The first-order valence-corrected chi connectivity index (χ1v) is 11.3. The van der Waals surface area contributed by atoms with Crippen molar-refractivity contribution in [3.8, 4) is 11.5 Å². The van der Waals surface area contributed by atoms with Crippen LogP contribution >= 0.6 is 0 Å². The van der Waals surface area contributed by atoms with E-state index in [-0.39, 0.29) is 23.8 Å². The van der Waals surface area contributed by atoms with Crippen LogP contribution in [0.1, 0.15) is 27.0 Å². The van der Waals surface area contributed by atoms with Crippen molar-refractivity contribution in [1.82, 2.24) is 4.72 Å². The molecule has 0 saturated carbocycles. The van der Waals surface area contributed by atoms with Crippen molar-refractivity contribution in [2.45, 2.75) is 25.3 Å². The summed E-state index contributed by atoms with van der Waals surface area (Å²) in [7, 11) is -4.00. The quantitative estimate of drug-likeness (QED) is 0.587. The van der Waals surface area contributed by atoms with Crippen LogP contribution < -0.4 is 19.5 Å². The Balaban J connectivity index is 1.53. The van der Waals surface area contributed by atoms with Gasteiger partial charge in [-0.25, -0.2) is 17.5 Å². The molecule has 0 atom stereocenters. The zero-order valence-corrected chi connectivity index (χ0v) is 18.3. The van der Waals surface area contributed by atoms with Gasteiger partial charge in [0.05, 0.1) is 10.5 Å². The molecule has 0 spiro atoms. The molecule has 1 amide bonds. The smallest absolute Gasteiger partial charge is 0.258 e. The summed E-state index contributed by atoms with van der Waals surface area (Å²) < 4.78 is 52.9. The first-order valence-electron chi connectivity index (χ1n) is 9.80. The zero-order valence-electron chi connectivity index (χ0n) is 17.4. The second-order valence-corrected chi connectivity index (χ2v) is 9.12. The molecule has 0 aliphatic carbocycles. The molecule has 2 N–H and O–H groups in total. The largest absolute Gasteiger partial charge is 0.454 e. The fourth-order valence-corrected chi connectivity index (χ4v) is 4.28. The minimum absolute atomic E-state index is 0.0135. The van der Waals surface area contributed by atoms with Gasteiger partial charge in [0, 0.05) is 12.2 Å². The number of amides is 1. The Labute approximate surface area is 185 Å². The van der Waals surface area contributed by atoms with Crippen molar-refractivity contribution in [1.29, 1.82) is 0 Å². The molecule has 32 heavy (non-hydrogen) atoms. The third kappa shape index (κ3) is 4.44. The number of hydrogen-bond acceptors (Lipinski definition) is 5. The van der Waals surface area contributed by atoms with Crippen molar-refractivity contribution in [3.63, 3.8) is 0 Å². The highest BCUT2D eigenvalue weighted by Gasteiger charge is 2.21. The topological polar surface area (TPSA) is 93.7 Å². The number of halogens is 1. The van der Waals surface area contributed by atoms with E-state index in [2.05, 4.69) is 10.0 Å². The van der Waals surface area contributed by atoms with Gasteiger partial charge in [0.1, 0.15) is 5.82 Å². The van der Waals surface area contributed by atoms with Crippen molar-refractivity contribution >= 4 is 21.6 Å². The maximum Gasteiger partial charge on any atom is 0.258 e. The van der Waals surface area contributed by atoms with Crippen LogP contribution in [0.2, 0.25) is 0 Å². The summed E-state index contributed by atoms with van der Waals surface area (Å²) in [6.07, 6.45) is 0. The normalized spacial score (nSPS) is 12.6. The van der Waals surface area contributed by atoms with E-state index in [9.17, 15) is 17.6 Å². The van der Waals surface area contributed by atoms with Gasteiger partial charge in [0.2, 0.25) is 16.8 Å². The molecule has 9 heteroatoms. The molecule has 1 heterocycles. The number of fused-ring (bicyclic) bond motifs is 1. The average Bonchev–Trinajstić information content (AvgIpc) is 3.23. The molecule has 1 aliphatic rings. The standard InChI is InChI=1S/C23H21FN2O5S/c1-14-4-3-5-20(15(14)2)26-23(27)18-11-17(7-8-19(18)24)32(28,29)25-12-16-6-9-21-22(10-16)31-13-30-21/h3-11,25H,12-13H2,1-2H3,(H,26,27). The molecule has 166 valence electrons. The van der Waals surface area contributed by atoms with Gasteiger partial charge in [0.25, 0.3) is 5.91 Å². The van der Waals surface area contributed by atoms with E-state index >= 15 is 0 Å². The predicted molar refractivity (Wildman–Crippen MR) is 117 cm³/mol. The number of anilines is 1. The Kier molecular flexibility index (Phi) is 5.86. The zero-order chi connectivity index (χ0) is 22.9. The Hall–Kier alpha value is -3.43. The number of hydrogen-bond donors (Lipinski definition) is 2. The van der Waals surface area contributed by atoms with Crippen LogP contribution in [-0.2, 0) is 16.6 Å². The second kappa shape index (κ2) is 8.60. The molecule has 0 saturated heterocycles. The summed E-state index contributed by atoms with van der Waals surface area (Å²) >= 11 is 0. The Morgan fingerprint density at radius 2 is 1.81 bits per heavy atom. The summed E-state index contributed by atoms with van der Waals surface area (Å²) in [5.41, 5.74) is 2.64. The number of carbonyl (C=O) groups excluding carboxylic acids is 1. The van der Waals surface area contributed by atoms with Crippen LogP contribution in [0.15, 0.2) is 59.5 Å². The fraction of sp³-hybridized carbons (Fsp3) is 0.174. The van der Waals surface area contributed by atoms with E-state index in [4.69, 9.17) is 9.47 Å². The SMILES string of the molecule is Cc1cccc(NC(=O)c2cc(S(=O)(=O)NCc3ccc4c(c3)OCO4)ccc2F)c1C. The number of benzene rings is 3. The van der Waals surface area contributed by atoms with Gasteiger partial charge in [0.15, 0.2) is 11.5 Å². The van der Waals surface area contributed by atoms with Crippen LogP contribution in [0.25, 0.3) is 0 Å². The monoisotopic (exact) mass is 456 g/mol. The van der Waals surface area contributed by atoms with Gasteiger partial charge in [-0.15, -0.1) is 0 Å². The highest BCUT2D eigenvalue weighted by molar-refractivity contribution is 7.89. The molecule has 0 aromatic heterocycles. The van der Waals surface area contributed by atoms with E-state index in [1.54, 1.807) is 30.3 Å². The molecule has 1 aliphatic heterocycles. The van der Waals surface area contributed by atoms with Crippen molar-refractivity contribution in [2.24, 2.45) is 0 Å². The summed E-state index contributed by atoms with van der Waals surface area (Å²) in [6, 6.07) is 13.6. The molecule has 0 radical (unpaired) electrons. The molecule has 7 nitrogen and oxygen atoms in total. The highest BCUT2D eigenvalue weighted by atomic mass is 32.2. The third-order valence-corrected chi connectivity index (χ3v) is 6.65. The summed E-state index contributed by atoms with van der Waals surface area (Å²) in [4.78, 5) is 12.5. The fourth-order valence-electron chi connectivity index (χ4n) is 3.23. The molecule has 0 bridgehead atoms. The molecular weight excluding hydrogens is 435 g/mol. The lowest BCUT2D eigenvalue weighted by atomic mass is 10.1. The van der Waals surface area contributed by atoms with E-state index in [0.717, 1.165) is 29.3 Å². The van der Waals surface area contributed by atoms with E-state index in [1.807, 2.05) is 19.9 Å². The lowest BCUT2D eigenvalue weighted by Crippen LogP contribution is -2.24. The predicted octanol–water partition coefficient (Wildman–Crippen LogP) is 3.90. The summed E-state index contributed by atoms with van der Waals surface area (Å²) in [6.45, 7) is 3.83. The lowest BCUT2D eigenvalue weighted by molar-refractivity contribution is 0.102.